The molecule has 3 aliphatic rings. The lowest BCUT2D eigenvalue weighted by molar-refractivity contribution is -0.0119. The number of hydrogen-bond donors (Lipinski definition) is 0. The molecule has 3 aromatic rings. The van der Waals surface area contributed by atoms with Crippen LogP contribution in [-0.2, 0) is 0 Å². The molecule has 0 N–H and O–H groups in total. The lowest BCUT2D eigenvalue weighted by atomic mass is 9.68. The van der Waals surface area contributed by atoms with E-state index in [1.165, 1.54) is 41.8 Å². The molecule has 0 aromatic heterocycles. The van der Waals surface area contributed by atoms with Gasteiger partial charge in [-0.2, -0.15) is 0 Å². The van der Waals surface area contributed by atoms with E-state index in [1.807, 2.05) is 0 Å². The van der Waals surface area contributed by atoms with Crippen molar-refractivity contribution in [2.75, 3.05) is 12.0 Å². The van der Waals surface area contributed by atoms with E-state index in [1.54, 1.807) is 7.11 Å². The normalized spacial score (nSPS) is 26.2. The van der Waals surface area contributed by atoms with Crippen LogP contribution in [0.3, 0.4) is 0 Å². The quantitative estimate of drug-likeness (QED) is 0.485. The van der Waals surface area contributed by atoms with Crippen molar-refractivity contribution in [2.24, 2.45) is 5.92 Å². The second-order valence-corrected chi connectivity index (χ2v) is 8.82. The molecular weight excluding hydrogens is 382 g/mol. The molecular formula is C28H27NO2. The fraction of sp³-hybridized carbons (Fsp3) is 0.286. The van der Waals surface area contributed by atoms with Crippen LogP contribution in [0.2, 0.25) is 0 Å². The van der Waals surface area contributed by atoms with Crippen molar-refractivity contribution in [3.8, 4) is 11.5 Å². The number of ether oxygens (including phenoxy) is 2. The van der Waals surface area contributed by atoms with Gasteiger partial charge in [-0.15, -0.1) is 0 Å². The summed E-state index contributed by atoms with van der Waals surface area (Å²) in [6.45, 7) is 0. The van der Waals surface area contributed by atoms with E-state index in [2.05, 4.69) is 89.8 Å². The first-order valence-corrected chi connectivity index (χ1v) is 11.3. The van der Waals surface area contributed by atoms with E-state index in [-0.39, 0.29) is 5.72 Å². The van der Waals surface area contributed by atoms with Gasteiger partial charge in [0.2, 0.25) is 0 Å². The Kier molecular flexibility index (Phi) is 4.31. The lowest BCUT2D eigenvalue weighted by Crippen LogP contribution is -2.59. The summed E-state index contributed by atoms with van der Waals surface area (Å²) in [6.07, 6.45) is 7.16. The van der Waals surface area contributed by atoms with E-state index in [4.69, 9.17) is 9.47 Å². The maximum absolute atomic E-state index is 6.91. The molecule has 2 aliphatic heterocycles. The molecule has 0 radical (unpaired) electrons. The summed E-state index contributed by atoms with van der Waals surface area (Å²) < 4.78 is 12.3. The predicted molar refractivity (Wildman–Crippen MR) is 124 cm³/mol. The Balaban J connectivity index is 1.58. The number of nitrogens with zero attached hydrogens (tertiary/aromatic N) is 1. The van der Waals surface area contributed by atoms with Gasteiger partial charge in [-0.25, -0.2) is 0 Å². The number of benzene rings is 3. The summed E-state index contributed by atoms with van der Waals surface area (Å²) in [5, 5.41) is 0. The van der Waals surface area contributed by atoms with Crippen LogP contribution < -0.4 is 14.4 Å². The van der Waals surface area contributed by atoms with Gasteiger partial charge in [-0.05, 0) is 60.4 Å². The molecule has 3 aromatic carbocycles. The van der Waals surface area contributed by atoms with Gasteiger partial charge in [-0.1, -0.05) is 55.0 Å². The third-order valence-corrected chi connectivity index (χ3v) is 7.23. The van der Waals surface area contributed by atoms with Gasteiger partial charge in [0.15, 0.2) is 5.72 Å². The maximum Gasteiger partial charge on any atom is 0.191 e. The average molecular weight is 410 g/mol. The third-order valence-electron chi connectivity index (χ3n) is 7.23. The Morgan fingerprint density at radius 1 is 0.903 bits per heavy atom. The SMILES string of the molecule is COc1ccc(C2=C[C@@H](c3ccccc3)[C@@H]3CCCC[C@@]34Oc3ccccc3N24)cc1. The van der Waals surface area contributed by atoms with Crippen LogP contribution in [0.1, 0.15) is 42.7 Å². The number of methoxy groups -OCH3 is 1. The molecule has 31 heavy (non-hydrogen) atoms. The summed E-state index contributed by atoms with van der Waals surface area (Å²) in [6, 6.07) is 27.9. The zero-order valence-corrected chi connectivity index (χ0v) is 17.8. The first-order chi connectivity index (χ1) is 15.3. The molecule has 3 nitrogen and oxygen atoms in total. The monoisotopic (exact) mass is 409 g/mol. The molecule has 1 fully saturated rings. The van der Waals surface area contributed by atoms with Crippen LogP contribution in [0.4, 0.5) is 5.69 Å². The van der Waals surface area contributed by atoms with Gasteiger partial charge in [0, 0.05) is 24.0 Å². The highest BCUT2D eigenvalue weighted by Crippen LogP contribution is 2.59. The summed E-state index contributed by atoms with van der Waals surface area (Å²) in [5.74, 6) is 2.62. The van der Waals surface area contributed by atoms with Crippen molar-refractivity contribution in [3.05, 3.63) is 96.1 Å². The minimum absolute atomic E-state index is 0.323. The van der Waals surface area contributed by atoms with Crippen molar-refractivity contribution < 1.29 is 9.47 Å². The summed E-state index contributed by atoms with van der Waals surface area (Å²) in [4.78, 5) is 2.51. The fourth-order valence-corrected chi connectivity index (χ4v) is 5.87. The highest BCUT2D eigenvalue weighted by atomic mass is 16.5. The van der Waals surface area contributed by atoms with Crippen molar-refractivity contribution in [1.82, 2.24) is 0 Å². The van der Waals surface area contributed by atoms with Crippen molar-refractivity contribution >= 4 is 11.4 Å². The Hall–Kier alpha value is -3.20. The number of fused-ring (bicyclic) bond motifs is 2. The molecule has 0 bridgehead atoms. The number of anilines is 1. The van der Waals surface area contributed by atoms with Crippen LogP contribution >= 0.6 is 0 Å². The highest BCUT2D eigenvalue weighted by Gasteiger charge is 2.58. The van der Waals surface area contributed by atoms with Gasteiger partial charge < -0.3 is 9.47 Å². The predicted octanol–water partition coefficient (Wildman–Crippen LogP) is 6.62. The molecule has 6 rings (SSSR count). The third kappa shape index (κ3) is 2.79. The Morgan fingerprint density at radius 2 is 1.68 bits per heavy atom. The molecule has 0 saturated heterocycles. The fourth-order valence-electron chi connectivity index (χ4n) is 5.87. The maximum atomic E-state index is 6.91. The van der Waals surface area contributed by atoms with E-state index >= 15 is 0 Å². The largest absolute Gasteiger partial charge is 0.497 e. The molecule has 1 spiro atoms. The van der Waals surface area contributed by atoms with Gasteiger partial charge in [0.1, 0.15) is 11.5 Å². The Labute approximate surface area is 183 Å². The zero-order valence-electron chi connectivity index (χ0n) is 17.8. The van der Waals surface area contributed by atoms with Crippen LogP contribution in [0.5, 0.6) is 11.5 Å². The first-order valence-electron chi connectivity index (χ1n) is 11.3. The number of para-hydroxylation sites is 2. The lowest BCUT2D eigenvalue weighted by Gasteiger charge is -2.52. The van der Waals surface area contributed by atoms with E-state index in [9.17, 15) is 0 Å². The van der Waals surface area contributed by atoms with Crippen molar-refractivity contribution in [2.45, 2.75) is 37.3 Å². The smallest absolute Gasteiger partial charge is 0.191 e. The van der Waals surface area contributed by atoms with Crippen molar-refractivity contribution in [1.29, 1.82) is 0 Å². The number of rotatable bonds is 3. The molecule has 1 aliphatic carbocycles. The molecule has 2 heterocycles. The number of allylic oxidation sites excluding steroid dienone is 1. The van der Waals surface area contributed by atoms with Gasteiger partial charge >= 0.3 is 0 Å². The van der Waals surface area contributed by atoms with Crippen LogP contribution in [-0.4, -0.2) is 12.8 Å². The van der Waals surface area contributed by atoms with E-state index in [0.717, 1.165) is 17.9 Å². The Morgan fingerprint density at radius 3 is 2.48 bits per heavy atom. The molecule has 3 heteroatoms. The van der Waals surface area contributed by atoms with Crippen LogP contribution in [0, 0.1) is 5.92 Å². The average Bonchev–Trinajstić information content (AvgIpc) is 3.17. The first kappa shape index (κ1) is 18.6. The van der Waals surface area contributed by atoms with Crippen molar-refractivity contribution in [3.63, 3.8) is 0 Å². The minimum atomic E-state index is -0.327. The summed E-state index contributed by atoms with van der Waals surface area (Å²) in [5.41, 5.74) is 4.67. The molecule has 0 amide bonds. The summed E-state index contributed by atoms with van der Waals surface area (Å²) in [7, 11) is 1.71. The van der Waals surface area contributed by atoms with Gasteiger partial charge in [0.05, 0.1) is 12.8 Å². The summed E-state index contributed by atoms with van der Waals surface area (Å²) >= 11 is 0. The van der Waals surface area contributed by atoms with E-state index < -0.39 is 0 Å². The second-order valence-electron chi connectivity index (χ2n) is 8.82. The Bertz CT molecular complexity index is 1120. The zero-order chi connectivity index (χ0) is 20.8. The van der Waals surface area contributed by atoms with Crippen LogP contribution in [0.25, 0.3) is 5.70 Å². The molecule has 156 valence electrons. The number of hydrogen-bond acceptors (Lipinski definition) is 3. The second kappa shape index (κ2) is 7.19. The molecule has 0 unspecified atom stereocenters. The minimum Gasteiger partial charge on any atom is -0.497 e. The van der Waals surface area contributed by atoms with Gasteiger partial charge in [-0.3, -0.25) is 4.90 Å². The highest BCUT2D eigenvalue weighted by molar-refractivity contribution is 5.87. The standard InChI is InChI=1S/C28H27NO2/c1-30-22-16-14-21(15-17-22)26-19-23(20-9-3-2-4-10-20)24-11-7-8-18-28(24)29(26)25-12-5-6-13-27(25)31-28/h2-6,9-10,12-17,19,23-24H,7-8,11,18H2,1H3/t23-,24-,28+/m0/s1. The molecule has 1 saturated carbocycles. The van der Waals surface area contributed by atoms with E-state index in [0.29, 0.717) is 11.8 Å². The van der Waals surface area contributed by atoms with Gasteiger partial charge in [0.25, 0.3) is 0 Å². The van der Waals surface area contributed by atoms with Crippen LogP contribution in [0.15, 0.2) is 84.9 Å². The topological polar surface area (TPSA) is 21.7 Å². The molecule has 3 atom stereocenters.